The molecular formula is C10H14FNO2. The first-order valence-electron chi connectivity index (χ1n) is 4.39. The van der Waals surface area contributed by atoms with Crippen molar-refractivity contribution in [3.05, 3.63) is 23.5 Å². The molecule has 0 saturated carbocycles. The van der Waals surface area contributed by atoms with Crippen LogP contribution in [0.15, 0.2) is 12.1 Å². The minimum absolute atomic E-state index is 0.336. The standard InChI is InChI=1S/C10H14FNO2/c1-12-4-3-7-5-9(13)8(11)6-10(7)14-2/h5-6,12-13H,3-4H2,1-2H3. The van der Waals surface area contributed by atoms with Crippen LogP contribution in [0.4, 0.5) is 4.39 Å². The van der Waals surface area contributed by atoms with Crippen molar-refractivity contribution in [2.75, 3.05) is 20.7 Å². The van der Waals surface area contributed by atoms with Crippen molar-refractivity contribution in [3.8, 4) is 11.5 Å². The highest BCUT2D eigenvalue weighted by Gasteiger charge is 2.08. The zero-order valence-corrected chi connectivity index (χ0v) is 8.30. The van der Waals surface area contributed by atoms with Gasteiger partial charge in [-0.15, -0.1) is 0 Å². The van der Waals surface area contributed by atoms with Crippen LogP contribution >= 0.6 is 0 Å². The Labute approximate surface area is 82.5 Å². The predicted octanol–water partition coefficient (Wildman–Crippen LogP) is 1.30. The van der Waals surface area contributed by atoms with E-state index in [2.05, 4.69) is 5.32 Å². The topological polar surface area (TPSA) is 41.5 Å². The summed E-state index contributed by atoms with van der Waals surface area (Å²) < 4.78 is 17.9. The number of benzene rings is 1. The molecule has 0 heterocycles. The number of likely N-dealkylation sites (N-methyl/N-ethyl adjacent to an activating group) is 1. The highest BCUT2D eigenvalue weighted by molar-refractivity contribution is 5.41. The van der Waals surface area contributed by atoms with E-state index in [1.54, 1.807) is 0 Å². The first-order chi connectivity index (χ1) is 6.69. The summed E-state index contributed by atoms with van der Waals surface area (Å²) in [4.78, 5) is 0. The third-order valence-corrected chi connectivity index (χ3v) is 1.99. The van der Waals surface area contributed by atoms with Crippen LogP contribution in [0.1, 0.15) is 5.56 Å². The summed E-state index contributed by atoms with van der Waals surface area (Å²) >= 11 is 0. The first-order valence-corrected chi connectivity index (χ1v) is 4.39. The molecule has 0 radical (unpaired) electrons. The van der Waals surface area contributed by atoms with E-state index in [0.29, 0.717) is 12.2 Å². The van der Waals surface area contributed by atoms with Crippen molar-refractivity contribution in [2.45, 2.75) is 6.42 Å². The highest BCUT2D eigenvalue weighted by Crippen LogP contribution is 2.26. The molecular weight excluding hydrogens is 185 g/mol. The van der Waals surface area contributed by atoms with Gasteiger partial charge < -0.3 is 15.2 Å². The zero-order valence-electron chi connectivity index (χ0n) is 8.30. The Bertz CT molecular complexity index is 315. The van der Waals surface area contributed by atoms with Crippen LogP contribution in [0, 0.1) is 5.82 Å². The SMILES string of the molecule is CNCCc1cc(O)c(F)cc1OC. The molecule has 0 amide bonds. The fourth-order valence-electron chi connectivity index (χ4n) is 1.23. The maximum Gasteiger partial charge on any atom is 0.168 e. The number of hydrogen-bond donors (Lipinski definition) is 2. The van der Waals surface area contributed by atoms with Crippen molar-refractivity contribution in [2.24, 2.45) is 0 Å². The van der Waals surface area contributed by atoms with E-state index in [-0.39, 0.29) is 5.75 Å². The van der Waals surface area contributed by atoms with Crippen LogP contribution in [0.3, 0.4) is 0 Å². The number of phenols is 1. The molecule has 0 fully saturated rings. The number of rotatable bonds is 4. The molecule has 1 rings (SSSR count). The second-order valence-electron chi connectivity index (χ2n) is 2.97. The molecule has 0 saturated heterocycles. The van der Waals surface area contributed by atoms with Gasteiger partial charge in [-0.3, -0.25) is 0 Å². The van der Waals surface area contributed by atoms with E-state index in [9.17, 15) is 4.39 Å². The zero-order chi connectivity index (χ0) is 10.6. The van der Waals surface area contributed by atoms with Gasteiger partial charge in [0, 0.05) is 6.07 Å². The van der Waals surface area contributed by atoms with Crippen molar-refractivity contribution in [1.82, 2.24) is 5.32 Å². The summed E-state index contributed by atoms with van der Waals surface area (Å²) in [6, 6.07) is 2.59. The number of ether oxygens (including phenoxy) is 1. The predicted molar refractivity (Wildman–Crippen MR) is 52.2 cm³/mol. The minimum Gasteiger partial charge on any atom is -0.505 e. The van der Waals surface area contributed by atoms with Gasteiger partial charge in [0.15, 0.2) is 11.6 Å². The van der Waals surface area contributed by atoms with Gasteiger partial charge in [0.25, 0.3) is 0 Å². The Balaban J connectivity index is 2.95. The largest absolute Gasteiger partial charge is 0.505 e. The smallest absolute Gasteiger partial charge is 0.168 e. The molecule has 14 heavy (non-hydrogen) atoms. The molecule has 2 N–H and O–H groups in total. The summed E-state index contributed by atoms with van der Waals surface area (Å²) in [7, 11) is 3.31. The minimum atomic E-state index is -0.657. The third kappa shape index (κ3) is 2.35. The maximum atomic E-state index is 12.9. The number of methoxy groups -OCH3 is 1. The van der Waals surface area contributed by atoms with E-state index in [0.717, 1.165) is 12.1 Å². The molecule has 0 unspecified atom stereocenters. The van der Waals surface area contributed by atoms with Crippen LogP contribution < -0.4 is 10.1 Å². The lowest BCUT2D eigenvalue weighted by atomic mass is 10.1. The summed E-state index contributed by atoms with van der Waals surface area (Å²) in [6.45, 7) is 0.751. The normalized spacial score (nSPS) is 10.2. The molecule has 1 aromatic carbocycles. The van der Waals surface area contributed by atoms with Crippen molar-refractivity contribution < 1.29 is 14.2 Å². The molecule has 0 aliphatic heterocycles. The van der Waals surface area contributed by atoms with E-state index >= 15 is 0 Å². The van der Waals surface area contributed by atoms with E-state index < -0.39 is 5.82 Å². The highest BCUT2D eigenvalue weighted by atomic mass is 19.1. The lowest BCUT2D eigenvalue weighted by Crippen LogP contribution is -2.11. The van der Waals surface area contributed by atoms with Gasteiger partial charge in [-0.1, -0.05) is 0 Å². The summed E-state index contributed by atoms with van der Waals surface area (Å²) in [5.74, 6) is -0.525. The molecule has 0 bridgehead atoms. The molecule has 1 aromatic rings. The molecule has 0 aliphatic rings. The molecule has 78 valence electrons. The second-order valence-corrected chi connectivity index (χ2v) is 2.97. The van der Waals surface area contributed by atoms with Gasteiger partial charge in [0.2, 0.25) is 0 Å². The molecule has 3 nitrogen and oxygen atoms in total. The van der Waals surface area contributed by atoms with Gasteiger partial charge in [-0.05, 0) is 31.6 Å². The number of nitrogens with one attached hydrogen (secondary N) is 1. The van der Waals surface area contributed by atoms with Crippen LogP contribution in [-0.4, -0.2) is 25.8 Å². The average molecular weight is 199 g/mol. The van der Waals surface area contributed by atoms with Gasteiger partial charge >= 0.3 is 0 Å². The summed E-state index contributed by atoms with van der Waals surface area (Å²) in [5, 5.41) is 12.1. The van der Waals surface area contributed by atoms with Gasteiger partial charge in [-0.25, -0.2) is 4.39 Å². The summed E-state index contributed by atoms with van der Waals surface area (Å²) in [5.41, 5.74) is 0.792. The van der Waals surface area contributed by atoms with E-state index in [1.807, 2.05) is 7.05 Å². The fraction of sp³-hybridized carbons (Fsp3) is 0.400. The quantitative estimate of drug-likeness (QED) is 0.768. The summed E-state index contributed by atoms with van der Waals surface area (Å²) in [6.07, 6.45) is 0.688. The Morgan fingerprint density at radius 1 is 1.50 bits per heavy atom. The first kappa shape index (κ1) is 10.8. The number of phenolic OH excluding ortho intramolecular Hbond substituents is 1. The maximum absolute atomic E-state index is 12.9. The fourth-order valence-corrected chi connectivity index (χ4v) is 1.23. The third-order valence-electron chi connectivity index (χ3n) is 1.99. The Morgan fingerprint density at radius 3 is 2.79 bits per heavy atom. The molecule has 0 aliphatic carbocycles. The lowest BCUT2D eigenvalue weighted by molar-refractivity contribution is 0.394. The van der Waals surface area contributed by atoms with Crippen LogP contribution in [0.2, 0.25) is 0 Å². The molecule has 0 aromatic heterocycles. The Hall–Kier alpha value is -1.29. The van der Waals surface area contributed by atoms with Crippen molar-refractivity contribution in [1.29, 1.82) is 0 Å². The lowest BCUT2D eigenvalue weighted by Gasteiger charge is -2.09. The molecule has 0 atom stereocenters. The van der Waals surface area contributed by atoms with Crippen molar-refractivity contribution >= 4 is 0 Å². The van der Waals surface area contributed by atoms with Gasteiger partial charge in [-0.2, -0.15) is 0 Å². The second kappa shape index (κ2) is 4.81. The van der Waals surface area contributed by atoms with Crippen LogP contribution in [0.5, 0.6) is 11.5 Å². The van der Waals surface area contributed by atoms with Gasteiger partial charge in [0.1, 0.15) is 5.75 Å². The monoisotopic (exact) mass is 199 g/mol. The molecule has 0 spiro atoms. The molecule has 4 heteroatoms. The van der Waals surface area contributed by atoms with Crippen molar-refractivity contribution in [3.63, 3.8) is 0 Å². The average Bonchev–Trinajstić information content (AvgIpc) is 2.19. The van der Waals surface area contributed by atoms with E-state index in [1.165, 1.54) is 19.2 Å². The Morgan fingerprint density at radius 2 is 2.21 bits per heavy atom. The number of aromatic hydroxyl groups is 1. The Kier molecular flexibility index (Phi) is 3.71. The number of hydrogen-bond acceptors (Lipinski definition) is 3. The van der Waals surface area contributed by atoms with E-state index in [4.69, 9.17) is 9.84 Å². The number of halogens is 1. The van der Waals surface area contributed by atoms with Gasteiger partial charge in [0.05, 0.1) is 7.11 Å². The van der Waals surface area contributed by atoms with Crippen LogP contribution in [-0.2, 0) is 6.42 Å². The van der Waals surface area contributed by atoms with Crippen LogP contribution in [0.25, 0.3) is 0 Å².